The van der Waals surface area contributed by atoms with Gasteiger partial charge in [0, 0.05) is 22.9 Å². The van der Waals surface area contributed by atoms with E-state index in [1.54, 1.807) is 11.3 Å². The summed E-state index contributed by atoms with van der Waals surface area (Å²) in [6.07, 6.45) is 1.99. The molecule has 1 aromatic heterocycles. The molecule has 6 aromatic carbocycles. The molecule has 0 unspecified atom stereocenters. The highest BCUT2D eigenvalue weighted by atomic mass is 32.1. The second-order valence-corrected chi connectivity index (χ2v) is 17.1. The molecule has 3 heteroatoms. The van der Waals surface area contributed by atoms with E-state index in [-0.39, 0.29) is 5.41 Å². The van der Waals surface area contributed by atoms with E-state index in [0.717, 1.165) is 27.3 Å². The molecule has 0 N–H and O–H groups in total. The van der Waals surface area contributed by atoms with Crippen molar-refractivity contribution < 1.29 is 0 Å². The minimum absolute atomic E-state index is 0.0202. The Morgan fingerprint density at radius 2 is 1.29 bits per heavy atom. The van der Waals surface area contributed by atoms with Crippen LogP contribution in [0.4, 0.5) is 5.69 Å². The Hall–Kier alpha value is -4.86. The van der Waals surface area contributed by atoms with Crippen molar-refractivity contribution >= 4 is 44.2 Å². The van der Waals surface area contributed by atoms with E-state index in [9.17, 15) is 0 Å². The Labute approximate surface area is 314 Å². The summed E-state index contributed by atoms with van der Waals surface area (Å²) in [5.41, 5.74) is 14.7. The Morgan fingerprint density at radius 1 is 0.635 bits per heavy atom. The third kappa shape index (κ3) is 6.99. The number of para-hydroxylation sites is 1. The zero-order valence-electron chi connectivity index (χ0n) is 32.1. The van der Waals surface area contributed by atoms with Crippen molar-refractivity contribution in [1.82, 2.24) is 4.98 Å². The van der Waals surface area contributed by atoms with Crippen LogP contribution in [0.25, 0.3) is 53.8 Å². The van der Waals surface area contributed by atoms with Crippen LogP contribution in [-0.2, 0) is 5.41 Å². The molecule has 52 heavy (non-hydrogen) atoms. The lowest BCUT2D eigenvalue weighted by Gasteiger charge is -2.24. The quantitative estimate of drug-likeness (QED) is 0.145. The van der Waals surface area contributed by atoms with Gasteiger partial charge in [-0.25, -0.2) is 4.98 Å². The first-order chi connectivity index (χ1) is 24.9. The minimum Gasteiger partial charge on any atom is -0.256 e. The average Bonchev–Trinajstić information content (AvgIpc) is 3.57. The molecule has 0 aliphatic rings. The van der Waals surface area contributed by atoms with Gasteiger partial charge in [-0.05, 0) is 103 Å². The standard InChI is InChI=1S/C49H50N2S/c1-30(2)37-25-41(31(3)4)46(42(26-37)32(5)6)35-19-15-18-34(24-35)43-27-38(49(7,8)9)28-45-47(43)51-48(52-45)40-22-12-13-23-44(40)50-29-36-20-14-17-33-16-10-11-21-39(33)36/h10-32H,1-9H3. The number of aromatic nitrogens is 1. The first kappa shape index (κ1) is 35.5. The van der Waals surface area contributed by atoms with Crippen LogP contribution in [0.15, 0.2) is 120 Å². The van der Waals surface area contributed by atoms with Gasteiger partial charge in [-0.15, -0.1) is 11.3 Å². The van der Waals surface area contributed by atoms with E-state index in [0.29, 0.717) is 17.8 Å². The largest absolute Gasteiger partial charge is 0.256 e. The molecule has 0 fully saturated rings. The van der Waals surface area contributed by atoms with Gasteiger partial charge in [0.1, 0.15) is 5.01 Å². The van der Waals surface area contributed by atoms with Gasteiger partial charge in [-0.3, -0.25) is 4.99 Å². The molecular formula is C49H50N2S. The summed E-state index contributed by atoms with van der Waals surface area (Å²) in [7, 11) is 0. The molecule has 0 atom stereocenters. The Kier molecular flexibility index (Phi) is 9.76. The van der Waals surface area contributed by atoms with Crippen LogP contribution in [0.1, 0.15) is 108 Å². The maximum absolute atomic E-state index is 5.42. The molecule has 0 amide bonds. The van der Waals surface area contributed by atoms with Crippen LogP contribution in [-0.4, -0.2) is 11.2 Å². The molecule has 262 valence electrons. The highest BCUT2D eigenvalue weighted by molar-refractivity contribution is 7.21. The van der Waals surface area contributed by atoms with Crippen molar-refractivity contribution in [2.75, 3.05) is 0 Å². The Morgan fingerprint density at radius 3 is 2.00 bits per heavy atom. The fraction of sp³-hybridized carbons (Fsp3) is 0.265. The van der Waals surface area contributed by atoms with Gasteiger partial charge in [0.05, 0.1) is 15.9 Å². The highest BCUT2D eigenvalue weighted by Crippen LogP contribution is 2.44. The average molecular weight is 699 g/mol. The molecule has 2 nitrogen and oxygen atoms in total. The number of aliphatic imine (C=N–C) groups is 1. The number of thiazole rings is 1. The summed E-state index contributed by atoms with van der Waals surface area (Å²) in [6.45, 7) is 20.8. The molecular weight excluding hydrogens is 649 g/mol. The summed E-state index contributed by atoms with van der Waals surface area (Å²) < 4.78 is 1.20. The van der Waals surface area contributed by atoms with Crippen LogP contribution in [0, 0.1) is 0 Å². The van der Waals surface area contributed by atoms with Crippen molar-refractivity contribution in [3.05, 3.63) is 143 Å². The van der Waals surface area contributed by atoms with Crippen LogP contribution in [0.2, 0.25) is 0 Å². The molecule has 0 spiro atoms. The molecule has 0 aliphatic heterocycles. The van der Waals surface area contributed by atoms with Crippen LogP contribution in [0.3, 0.4) is 0 Å². The van der Waals surface area contributed by atoms with Crippen molar-refractivity contribution in [2.45, 2.75) is 85.5 Å². The summed E-state index contributed by atoms with van der Waals surface area (Å²) in [4.78, 5) is 10.5. The minimum atomic E-state index is -0.0202. The monoisotopic (exact) mass is 698 g/mol. The second kappa shape index (κ2) is 14.3. The van der Waals surface area contributed by atoms with Crippen LogP contribution >= 0.6 is 11.3 Å². The summed E-state index contributed by atoms with van der Waals surface area (Å²) >= 11 is 1.76. The first-order valence-electron chi connectivity index (χ1n) is 18.7. The number of rotatable bonds is 8. The van der Waals surface area contributed by atoms with Gasteiger partial charge in [0.15, 0.2) is 0 Å². The number of nitrogens with zero attached hydrogens (tertiary/aromatic N) is 2. The van der Waals surface area contributed by atoms with Crippen molar-refractivity contribution in [3.63, 3.8) is 0 Å². The number of hydrogen-bond donors (Lipinski definition) is 0. The summed E-state index contributed by atoms with van der Waals surface area (Å²) in [5, 5.41) is 3.40. The third-order valence-electron chi connectivity index (χ3n) is 10.3. The molecule has 0 saturated heterocycles. The molecule has 0 radical (unpaired) electrons. The Balaban J connectivity index is 1.38. The smallest absolute Gasteiger partial charge is 0.126 e. The van der Waals surface area contributed by atoms with E-state index in [4.69, 9.17) is 9.98 Å². The van der Waals surface area contributed by atoms with Gasteiger partial charge >= 0.3 is 0 Å². The highest BCUT2D eigenvalue weighted by Gasteiger charge is 2.22. The molecule has 0 aliphatic carbocycles. The normalized spacial score (nSPS) is 12.4. The first-order valence-corrected chi connectivity index (χ1v) is 19.6. The van der Waals surface area contributed by atoms with E-state index < -0.39 is 0 Å². The van der Waals surface area contributed by atoms with Crippen molar-refractivity contribution in [1.29, 1.82) is 0 Å². The zero-order valence-corrected chi connectivity index (χ0v) is 32.9. The van der Waals surface area contributed by atoms with E-state index in [1.807, 2.05) is 6.21 Å². The molecule has 0 bridgehead atoms. The molecule has 0 saturated carbocycles. The lowest BCUT2D eigenvalue weighted by atomic mass is 9.81. The maximum Gasteiger partial charge on any atom is 0.126 e. The van der Waals surface area contributed by atoms with Gasteiger partial charge < -0.3 is 0 Å². The third-order valence-corrected chi connectivity index (χ3v) is 11.3. The van der Waals surface area contributed by atoms with E-state index in [2.05, 4.69) is 178 Å². The van der Waals surface area contributed by atoms with Crippen molar-refractivity contribution in [3.8, 4) is 32.8 Å². The van der Waals surface area contributed by atoms with Gasteiger partial charge in [0.2, 0.25) is 0 Å². The summed E-state index contributed by atoms with van der Waals surface area (Å²) in [6, 6.07) is 42.1. The number of fused-ring (bicyclic) bond motifs is 2. The topological polar surface area (TPSA) is 25.2 Å². The van der Waals surface area contributed by atoms with Crippen LogP contribution in [0.5, 0.6) is 0 Å². The maximum atomic E-state index is 5.42. The fourth-order valence-electron chi connectivity index (χ4n) is 7.20. The SMILES string of the molecule is CC(C)c1cc(C(C)C)c(-c2cccc(-c3cc(C(C)(C)C)cc4sc(-c5ccccc5N=Cc5cccc6ccccc56)nc34)c2)c(C(C)C)c1. The lowest BCUT2D eigenvalue weighted by molar-refractivity contribution is 0.591. The van der Waals surface area contributed by atoms with Crippen molar-refractivity contribution in [2.24, 2.45) is 4.99 Å². The fourth-order valence-corrected chi connectivity index (χ4v) is 8.26. The second-order valence-electron chi connectivity index (χ2n) is 16.1. The van der Waals surface area contributed by atoms with E-state index in [1.165, 1.54) is 60.0 Å². The van der Waals surface area contributed by atoms with E-state index >= 15 is 0 Å². The molecule has 7 rings (SSSR count). The van der Waals surface area contributed by atoms with Crippen LogP contribution < -0.4 is 0 Å². The number of benzene rings is 6. The molecule has 7 aromatic rings. The van der Waals surface area contributed by atoms with Gasteiger partial charge in [-0.2, -0.15) is 0 Å². The van der Waals surface area contributed by atoms with Gasteiger partial charge in [-0.1, -0.05) is 147 Å². The van der Waals surface area contributed by atoms with Gasteiger partial charge in [0.25, 0.3) is 0 Å². The summed E-state index contributed by atoms with van der Waals surface area (Å²) in [5.74, 6) is 1.31. The predicted molar refractivity (Wildman–Crippen MR) is 228 cm³/mol. The number of hydrogen-bond acceptors (Lipinski definition) is 3. The Bertz CT molecular complexity index is 2400. The zero-order chi connectivity index (χ0) is 36.7. The molecule has 1 heterocycles. The lowest BCUT2D eigenvalue weighted by Crippen LogP contribution is -2.11. The predicted octanol–water partition coefficient (Wildman–Crippen LogP) is 14.9.